The van der Waals surface area contributed by atoms with Crippen molar-refractivity contribution in [2.24, 2.45) is 5.92 Å². The monoisotopic (exact) mass is 228 g/mol. The largest absolute Gasteiger partial charge is 0.433 e. The van der Waals surface area contributed by atoms with Gasteiger partial charge in [-0.25, -0.2) is 0 Å². The Morgan fingerprint density at radius 1 is 1.60 bits per heavy atom. The van der Waals surface area contributed by atoms with Gasteiger partial charge in [-0.05, 0) is 30.8 Å². The molecule has 15 heavy (non-hydrogen) atoms. The van der Waals surface area contributed by atoms with Gasteiger partial charge in [-0.2, -0.15) is 11.8 Å². The first-order valence-corrected chi connectivity index (χ1v) is 5.93. The minimum absolute atomic E-state index is 0.170. The third-order valence-corrected chi connectivity index (χ3v) is 3.49. The number of thioether (sulfide) groups is 1. The highest BCUT2D eigenvalue weighted by molar-refractivity contribution is 7.98. The van der Waals surface area contributed by atoms with Crippen molar-refractivity contribution in [3.8, 4) is 0 Å². The second-order valence-corrected chi connectivity index (χ2v) is 4.57. The van der Waals surface area contributed by atoms with Crippen molar-refractivity contribution in [3.63, 3.8) is 0 Å². The van der Waals surface area contributed by atoms with E-state index < -0.39 is 4.92 Å². The Morgan fingerprint density at radius 2 is 2.40 bits per heavy atom. The smallest absolute Gasteiger partial charge is 0.405 e. The van der Waals surface area contributed by atoms with Crippen molar-refractivity contribution in [1.29, 1.82) is 0 Å². The summed E-state index contributed by atoms with van der Waals surface area (Å²) in [6.45, 7) is 2.18. The van der Waals surface area contributed by atoms with Crippen LogP contribution in [0.5, 0.6) is 0 Å². The van der Waals surface area contributed by atoms with Crippen molar-refractivity contribution in [3.05, 3.63) is 28.0 Å². The van der Waals surface area contributed by atoms with Gasteiger partial charge in [-0.15, -0.1) is 0 Å². The topological polar surface area (TPSA) is 68.3 Å². The molecule has 0 radical (unpaired) electrons. The molecule has 0 aliphatic carbocycles. The first-order chi connectivity index (χ1) is 7.25. The second kappa shape index (κ2) is 4.67. The van der Waals surface area contributed by atoms with Crippen LogP contribution in [0.25, 0.3) is 0 Å². The molecule has 82 valence electrons. The van der Waals surface area contributed by atoms with Gasteiger partial charge in [0.05, 0.1) is 11.8 Å². The van der Waals surface area contributed by atoms with Crippen LogP contribution in [0.4, 0.5) is 5.88 Å². The number of nitro groups is 1. The average Bonchev–Trinajstić information content (AvgIpc) is 2.57. The number of furan rings is 1. The Kier molecular flexibility index (Phi) is 3.27. The van der Waals surface area contributed by atoms with Crippen molar-refractivity contribution in [2.45, 2.75) is 5.75 Å². The molecular weight excluding hydrogens is 216 g/mol. The second-order valence-electron chi connectivity index (χ2n) is 3.54. The van der Waals surface area contributed by atoms with Crippen LogP contribution >= 0.6 is 11.8 Å². The molecule has 0 unspecified atom stereocenters. The number of hydrogen-bond acceptors (Lipinski definition) is 5. The molecule has 1 aromatic rings. The highest BCUT2D eigenvalue weighted by Gasteiger charge is 2.17. The number of nitrogens with one attached hydrogen (secondary N) is 1. The summed E-state index contributed by atoms with van der Waals surface area (Å²) >= 11 is 1.76. The van der Waals surface area contributed by atoms with Crippen LogP contribution in [-0.4, -0.2) is 23.8 Å². The summed E-state index contributed by atoms with van der Waals surface area (Å²) in [6, 6.07) is 3.07. The third-order valence-electron chi connectivity index (χ3n) is 2.29. The molecule has 6 heteroatoms. The summed E-state index contributed by atoms with van der Waals surface area (Å²) in [5, 5.41) is 13.6. The van der Waals surface area contributed by atoms with Crippen molar-refractivity contribution >= 4 is 17.6 Å². The molecule has 0 saturated carbocycles. The van der Waals surface area contributed by atoms with Gasteiger partial charge < -0.3 is 9.73 Å². The van der Waals surface area contributed by atoms with Crippen LogP contribution in [0.3, 0.4) is 0 Å². The van der Waals surface area contributed by atoms with Crippen molar-refractivity contribution in [1.82, 2.24) is 5.32 Å². The molecular formula is C9H12N2O3S. The lowest BCUT2D eigenvalue weighted by Crippen LogP contribution is -2.43. The fraction of sp³-hybridized carbons (Fsp3) is 0.556. The first kappa shape index (κ1) is 10.5. The molecule has 0 bridgehead atoms. The average molecular weight is 228 g/mol. The van der Waals surface area contributed by atoms with Gasteiger partial charge in [0.2, 0.25) is 0 Å². The molecule has 1 fully saturated rings. The summed E-state index contributed by atoms with van der Waals surface area (Å²) in [5.41, 5.74) is 0. The molecule has 1 aromatic heterocycles. The number of hydrogen-bond donors (Lipinski definition) is 1. The molecule has 1 saturated heterocycles. The molecule has 1 aliphatic rings. The summed E-state index contributed by atoms with van der Waals surface area (Å²) in [5.74, 6) is 3.06. The lowest BCUT2D eigenvalue weighted by molar-refractivity contribution is -0.402. The molecule has 0 amide bonds. The van der Waals surface area contributed by atoms with E-state index in [1.165, 1.54) is 6.07 Å². The molecule has 2 rings (SSSR count). The summed E-state index contributed by atoms with van der Waals surface area (Å²) in [4.78, 5) is 9.84. The first-order valence-electron chi connectivity index (χ1n) is 4.77. The standard InChI is InChI=1S/C9H12N2O3S/c12-11(13)9-2-1-8(14-9)6-15-5-7-3-10-4-7/h1-2,7,10H,3-6H2. The van der Waals surface area contributed by atoms with Crippen LogP contribution in [0.2, 0.25) is 0 Å². The van der Waals surface area contributed by atoms with Crippen LogP contribution in [0.15, 0.2) is 16.5 Å². The normalized spacial score (nSPS) is 16.3. The zero-order chi connectivity index (χ0) is 10.7. The van der Waals surface area contributed by atoms with E-state index in [2.05, 4.69) is 5.32 Å². The van der Waals surface area contributed by atoms with Gasteiger partial charge in [0.25, 0.3) is 0 Å². The zero-order valence-corrected chi connectivity index (χ0v) is 8.96. The van der Waals surface area contributed by atoms with E-state index in [-0.39, 0.29) is 5.88 Å². The SMILES string of the molecule is O=[N+]([O-])c1ccc(CSCC2CNC2)o1. The minimum Gasteiger partial charge on any atom is -0.405 e. The maximum atomic E-state index is 10.3. The predicted molar refractivity (Wildman–Crippen MR) is 57.9 cm³/mol. The highest BCUT2D eigenvalue weighted by atomic mass is 32.2. The van der Waals surface area contributed by atoms with Crippen molar-refractivity contribution < 1.29 is 9.34 Å². The lowest BCUT2D eigenvalue weighted by Gasteiger charge is -2.26. The summed E-state index contributed by atoms with van der Waals surface area (Å²) in [6.07, 6.45) is 0. The van der Waals surface area contributed by atoms with E-state index in [9.17, 15) is 10.1 Å². The Morgan fingerprint density at radius 3 is 2.93 bits per heavy atom. The van der Waals surface area contributed by atoms with Gasteiger partial charge in [-0.1, -0.05) is 0 Å². The van der Waals surface area contributed by atoms with Gasteiger partial charge in [0.15, 0.2) is 0 Å². The summed E-state index contributed by atoms with van der Waals surface area (Å²) < 4.78 is 5.04. The van der Waals surface area contributed by atoms with Gasteiger partial charge in [0, 0.05) is 0 Å². The van der Waals surface area contributed by atoms with Gasteiger partial charge >= 0.3 is 5.88 Å². The van der Waals surface area contributed by atoms with Gasteiger partial charge in [0.1, 0.15) is 10.7 Å². The predicted octanol–water partition coefficient (Wildman–Crippen LogP) is 1.64. The molecule has 0 spiro atoms. The van der Waals surface area contributed by atoms with Crippen LogP contribution in [-0.2, 0) is 5.75 Å². The minimum atomic E-state index is -0.510. The van der Waals surface area contributed by atoms with Crippen molar-refractivity contribution in [2.75, 3.05) is 18.8 Å². The fourth-order valence-corrected chi connectivity index (χ4v) is 2.38. The molecule has 5 nitrogen and oxygen atoms in total. The maximum absolute atomic E-state index is 10.3. The van der Waals surface area contributed by atoms with E-state index in [4.69, 9.17) is 4.42 Å². The van der Waals surface area contributed by atoms with Crippen LogP contribution in [0, 0.1) is 16.0 Å². The number of nitrogens with zero attached hydrogens (tertiary/aromatic N) is 1. The number of rotatable bonds is 5. The fourth-order valence-electron chi connectivity index (χ4n) is 1.33. The van der Waals surface area contributed by atoms with Crippen LogP contribution < -0.4 is 5.32 Å². The van der Waals surface area contributed by atoms with Gasteiger partial charge in [-0.3, -0.25) is 10.1 Å². The van der Waals surface area contributed by atoms with E-state index in [0.717, 1.165) is 24.8 Å². The molecule has 1 N–H and O–H groups in total. The molecule has 2 heterocycles. The lowest BCUT2D eigenvalue weighted by atomic mass is 10.1. The molecule has 1 aliphatic heterocycles. The quantitative estimate of drug-likeness (QED) is 0.613. The summed E-state index contributed by atoms with van der Waals surface area (Å²) in [7, 11) is 0. The van der Waals surface area contributed by atoms with E-state index in [0.29, 0.717) is 11.5 Å². The molecule has 0 aromatic carbocycles. The maximum Gasteiger partial charge on any atom is 0.433 e. The zero-order valence-electron chi connectivity index (χ0n) is 8.14. The van der Waals surface area contributed by atoms with Crippen LogP contribution in [0.1, 0.15) is 5.76 Å². The van der Waals surface area contributed by atoms with E-state index in [1.807, 2.05) is 0 Å². The Hall–Kier alpha value is -1.01. The highest BCUT2D eigenvalue weighted by Crippen LogP contribution is 2.22. The third kappa shape index (κ3) is 2.73. The van der Waals surface area contributed by atoms with E-state index >= 15 is 0 Å². The molecule has 0 atom stereocenters. The Bertz CT molecular complexity index is 349. The van der Waals surface area contributed by atoms with E-state index in [1.54, 1.807) is 17.8 Å². The Labute approximate surface area is 91.4 Å². The Balaban J connectivity index is 1.75.